The van der Waals surface area contributed by atoms with Crippen LogP contribution in [0.25, 0.3) is 0 Å². The van der Waals surface area contributed by atoms with Crippen LogP contribution in [0.15, 0.2) is 30.6 Å². The zero-order chi connectivity index (χ0) is 21.1. The van der Waals surface area contributed by atoms with Crippen LogP contribution in [0.5, 0.6) is 11.6 Å². The highest BCUT2D eigenvalue weighted by atomic mass is 19.4. The quantitative estimate of drug-likeness (QED) is 0.744. The summed E-state index contributed by atoms with van der Waals surface area (Å²) in [5, 5.41) is 11.6. The summed E-state index contributed by atoms with van der Waals surface area (Å²) in [6.45, 7) is -0.472. The predicted molar refractivity (Wildman–Crippen MR) is 86.8 cm³/mol. The summed E-state index contributed by atoms with van der Waals surface area (Å²) in [4.78, 5) is 20.1. The van der Waals surface area contributed by atoms with Crippen LogP contribution < -0.4 is 10.1 Å². The highest BCUT2D eigenvalue weighted by molar-refractivity contribution is 5.87. The van der Waals surface area contributed by atoms with Gasteiger partial charge < -0.3 is 14.7 Å². The van der Waals surface area contributed by atoms with Gasteiger partial charge in [0.1, 0.15) is 17.4 Å². The maximum Gasteiger partial charge on any atom is 0.418 e. The number of urea groups is 1. The first-order valence-corrected chi connectivity index (χ1v) is 7.64. The monoisotopic (exact) mass is 406 g/mol. The van der Waals surface area contributed by atoms with Gasteiger partial charge in [0.05, 0.1) is 18.9 Å². The molecule has 2 N–H and O–H groups in total. The Kier molecular flexibility index (Phi) is 6.02. The van der Waals surface area contributed by atoms with Crippen molar-refractivity contribution in [2.75, 3.05) is 18.9 Å². The Morgan fingerprint density at radius 3 is 2.29 bits per heavy atom. The zero-order valence-corrected chi connectivity index (χ0v) is 14.6. The normalized spacial score (nSPS) is 13.6. The zero-order valence-electron chi connectivity index (χ0n) is 14.6. The lowest BCUT2D eigenvalue weighted by molar-refractivity contribution is -0.254. The van der Waals surface area contributed by atoms with E-state index in [0.717, 1.165) is 31.6 Å². The van der Waals surface area contributed by atoms with Crippen LogP contribution in [0.1, 0.15) is 6.92 Å². The molecule has 1 atom stereocenters. The molecule has 0 aliphatic heterocycles. The molecule has 152 valence electrons. The van der Waals surface area contributed by atoms with Gasteiger partial charge in [-0.25, -0.2) is 23.5 Å². The number of carbonyl (C=O) groups excluding carboxylic acids is 1. The summed E-state index contributed by atoms with van der Waals surface area (Å²) < 4.78 is 69.3. The first-order valence-electron chi connectivity index (χ1n) is 7.64. The fourth-order valence-corrected chi connectivity index (χ4v) is 1.97. The molecule has 2 rings (SSSR count). The number of nitrogens with zero attached hydrogens (tertiary/aromatic N) is 3. The summed E-state index contributed by atoms with van der Waals surface area (Å²) in [6, 6.07) is 1.52. The van der Waals surface area contributed by atoms with Gasteiger partial charge in [-0.3, -0.25) is 5.32 Å². The first kappa shape index (κ1) is 21.3. The lowest BCUT2D eigenvalue weighted by Gasteiger charge is -2.30. The van der Waals surface area contributed by atoms with E-state index in [0.29, 0.717) is 17.9 Å². The van der Waals surface area contributed by atoms with Crippen LogP contribution in [0.3, 0.4) is 0 Å². The third-order valence-corrected chi connectivity index (χ3v) is 3.42. The Morgan fingerprint density at radius 1 is 1.18 bits per heavy atom. The summed E-state index contributed by atoms with van der Waals surface area (Å²) in [7, 11) is 1.05. The molecule has 12 heteroatoms. The van der Waals surface area contributed by atoms with Crippen molar-refractivity contribution in [3.63, 3.8) is 0 Å². The number of rotatable bonds is 5. The molecular formula is C16H15F5N4O3. The number of carbonyl (C=O) groups is 1. The number of benzene rings is 1. The molecule has 7 nitrogen and oxygen atoms in total. The van der Waals surface area contributed by atoms with Crippen LogP contribution >= 0.6 is 0 Å². The average molecular weight is 406 g/mol. The maximum absolute atomic E-state index is 13.1. The Labute approximate surface area is 155 Å². The molecule has 0 aliphatic rings. The third-order valence-electron chi connectivity index (χ3n) is 3.42. The number of halogens is 5. The Balaban J connectivity index is 1.99. The van der Waals surface area contributed by atoms with Gasteiger partial charge in [-0.1, -0.05) is 0 Å². The van der Waals surface area contributed by atoms with E-state index in [2.05, 4.69) is 15.3 Å². The second kappa shape index (κ2) is 7.92. The molecule has 0 saturated heterocycles. The summed E-state index contributed by atoms with van der Waals surface area (Å²) in [5.74, 6) is -2.15. The van der Waals surface area contributed by atoms with E-state index >= 15 is 0 Å². The number of nitrogens with one attached hydrogen (secondary N) is 1. The summed E-state index contributed by atoms with van der Waals surface area (Å²) in [6.07, 6.45) is -2.86. The third kappa shape index (κ3) is 5.49. The highest BCUT2D eigenvalue weighted by Gasteiger charge is 2.50. The van der Waals surface area contributed by atoms with E-state index in [9.17, 15) is 31.9 Å². The molecule has 1 heterocycles. The minimum absolute atomic E-state index is 0.124. The number of hydrogen-bond donors (Lipinski definition) is 2. The summed E-state index contributed by atoms with van der Waals surface area (Å²) in [5.41, 5.74) is -3.09. The Bertz CT molecular complexity index is 823. The van der Waals surface area contributed by atoms with E-state index in [4.69, 9.17) is 4.74 Å². The van der Waals surface area contributed by atoms with Crippen molar-refractivity contribution in [3.8, 4) is 11.6 Å². The van der Waals surface area contributed by atoms with E-state index < -0.39 is 36.0 Å². The molecule has 0 spiro atoms. The van der Waals surface area contributed by atoms with Crippen LogP contribution in [0, 0.1) is 11.6 Å². The predicted octanol–water partition coefficient (Wildman–Crippen LogP) is 3.32. The molecule has 0 saturated carbocycles. The molecule has 1 aromatic heterocycles. The van der Waals surface area contributed by atoms with Crippen molar-refractivity contribution < 1.29 is 36.6 Å². The number of aromatic nitrogens is 2. The smallest absolute Gasteiger partial charge is 0.418 e. The molecule has 0 radical (unpaired) electrons. The lowest BCUT2D eigenvalue weighted by Crippen LogP contribution is -2.52. The lowest BCUT2D eigenvalue weighted by atomic mass is 10.1. The molecule has 2 aromatic rings. The van der Waals surface area contributed by atoms with Crippen molar-refractivity contribution in [3.05, 3.63) is 42.2 Å². The van der Waals surface area contributed by atoms with Crippen molar-refractivity contribution in [1.82, 2.24) is 14.9 Å². The first-order chi connectivity index (χ1) is 12.9. The van der Waals surface area contributed by atoms with Gasteiger partial charge in [0, 0.05) is 25.2 Å². The average Bonchev–Trinajstić information content (AvgIpc) is 2.54. The van der Waals surface area contributed by atoms with Gasteiger partial charge in [-0.05, 0) is 6.92 Å². The van der Waals surface area contributed by atoms with Gasteiger partial charge >= 0.3 is 12.2 Å². The van der Waals surface area contributed by atoms with Crippen molar-refractivity contribution in [2.24, 2.45) is 0 Å². The second-order valence-corrected chi connectivity index (χ2v) is 6.00. The molecule has 0 aliphatic carbocycles. The van der Waals surface area contributed by atoms with Crippen LogP contribution in [-0.2, 0) is 0 Å². The number of ether oxygens (including phenoxy) is 1. The van der Waals surface area contributed by atoms with E-state index in [1.54, 1.807) is 0 Å². The van der Waals surface area contributed by atoms with Crippen molar-refractivity contribution in [2.45, 2.75) is 18.7 Å². The second-order valence-electron chi connectivity index (χ2n) is 6.00. The number of alkyl halides is 3. The van der Waals surface area contributed by atoms with Crippen molar-refractivity contribution >= 4 is 11.8 Å². The van der Waals surface area contributed by atoms with Crippen LogP contribution in [0.2, 0.25) is 0 Å². The van der Waals surface area contributed by atoms with E-state index in [-0.39, 0.29) is 17.4 Å². The molecule has 1 aromatic carbocycles. The molecular weight excluding hydrogens is 391 g/mol. The van der Waals surface area contributed by atoms with Gasteiger partial charge in [0.25, 0.3) is 0 Å². The summed E-state index contributed by atoms with van der Waals surface area (Å²) >= 11 is 0. The number of amides is 2. The van der Waals surface area contributed by atoms with Gasteiger partial charge in [-0.2, -0.15) is 13.2 Å². The molecule has 0 bridgehead atoms. The minimum atomic E-state index is -4.92. The molecule has 2 amide bonds. The van der Waals surface area contributed by atoms with Crippen LogP contribution in [-0.4, -0.2) is 51.4 Å². The minimum Gasteiger partial charge on any atom is -0.437 e. The Hall–Kier alpha value is -3.02. The van der Waals surface area contributed by atoms with Gasteiger partial charge in [0.15, 0.2) is 11.4 Å². The number of hydrogen-bond acceptors (Lipinski definition) is 5. The SMILES string of the molecule is CN(C[C@@](C)(O)C(F)(F)F)C(=O)Nc1cnc(Oc2cc(F)cc(F)c2)cn1. The fourth-order valence-electron chi connectivity index (χ4n) is 1.97. The Morgan fingerprint density at radius 2 is 1.79 bits per heavy atom. The van der Waals surface area contributed by atoms with E-state index in [1.807, 2.05) is 0 Å². The van der Waals surface area contributed by atoms with Gasteiger partial charge in [-0.15, -0.1) is 0 Å². The number of aliphatic hydroxyl groups is 1. The standard InChI is InChI=1S/C16H15F5N4O3/c1-15(27,16(19,20)21)8-25(2)14(26)24-12-6-23-13(7-22-12)28-11-4-9(17)3-10(18)5-11/h3-7,27H,8H2,1-2H3,(H,22,24,26)/t15-/m1/s1. The molecule has 0 unspecified atom stereocenters. The molecule has 28 heavy (non-hydrogen) atoms. The van der Waals surface area contributed by atoms with Gasteiger partial charge in [0.2, 0.25) is 5.88 Å². The largest absolute Gasteiger partial charge is 0.437 e. The van der Waals surface area contributed by atoms with Crippen LogP contribution in [0.4, 0.5) is 32.6 Å². The van der Waals surface area contributed by atoms with E-state index in [1.165, 1.54) is 0 Å². The number of likely N-dealkylation sites (N-methyl/N-ethyl adjacent to an activating group) is 1. The van der Waals surface area contributed by atoms with Crippen molar-refractivity contribution in [1.29, 1.82) is 0 Å². The topological polar surface area (TPSA) is 87.6 Å². The maximum atomic E-state index is 13.1. The number of anilines is 1. The fraction of sp³-hybridized carbons (Fsp3) is 0.312. The molecule has 0 fully saturated rings. The highest BCUT2D eigenvalue weighted by Crippen LogP contribution is 2.30.